The van der Waals surface area contributed by atoms with Crippen molar-refractivity contribution in [3.8, 4) is 0 Å². The molecule has 2 aliphatic rings. The number of anilines is 1. The zero-order valence-electron chi connectivity index (χ0n) is 10.7. The van der Waals surface area contributed by atoms with Crippen molar-refractivity contribution in [2.45, 2.75) is 39.5 Å². The van der Waals surface area contributed by atoms with Crippen LogP contribution in [0.5, 0.6) is 0 Å². The number of hydrogen-bond donors (Lipinski definition) is 1. The van der Waals surface area contributed by atoms with Gasteiger partial charge in [0.1, 0.15) is 0 Å². The molecule has 2 atom stereocenters. The van der Waals surface area contributed by atoms with Crippen LogP contribution < -0.4 is 4.90 Å². The van der Waals surface area contributed by atoms with E-state index in [2.05, 4.69) is 10.2 Å². The Morgan fingerprint density at radius 1 is 1.11 bits per heavy atom. The second kappa shape index (κ2) is 3.93. The van der Waals surface area contributed by atoms with Gasteiger partial charge in [0.05, 0.1) is 28.9 Å². The van der Waals surface area contributed by atoms with Crippen molar-refractivity contribution in [3.05, 3.63) is 11.4 Å². The molecule has 2 amide bonds. The lowest BCUT2D eigenvalue weighted by molar-refractivity contribution is -0.122. The van der Waals surface area contributed by atoms with E-state index in [1.54, 1.807) is 0 Å². The van der Waals surface area contributed by atoms with Crippen molar-refractivity contribution in [2.75, 3.05) is 4.90 Å². The van der Waals surface area contributed by atoms with Gasteiger partial charge in [0.2, 0.25) is 11.8 Å². The Kier molecular flexibility index (Phi) is 2.50. The molecule has 2 heterocycles. The van der Waals surface area contributed by atoms with Gasteiger partial charge >= 0.3 is 0 Å². The summed E-state index contributed by atoms with van der Waals surface area (Å²) in [4.78, 5) is 26.2. The first kappa shape index (κ1) is 11.4. The number of carbonyl (C=O) groups excluding carboxylic acids is 2. The molecule has 3 rings (SSSR count). The largest absolute Gasteiger partial charge is 0.280 e. The maximum Gasteiger partial charge on any atom is 0.237 e. The van der Waals surface area contributed by atoms with E-state index < -0.39 is 0 Å². The summed E-state index contributed by atoms with van der Waals surface area (Å²) >= 11 is 0. The lowest BCUT2D eigenvalue weighted by Gasteiger charge is -2.19. The second-order valence-electron chi connectivity index (χ2n) is 5.29. The van der Waals surface area contributed by atoms with Crippen molar-refractivity contribution < 1.29 is 9.59 Å². The Morgan fingerprint density at radius 3 is 2.11 bits per heavy atom. The molecule has 1 saturated carbocycles. The van der Waals surface area contributed by atoms with Gasteiger partial charge in [-0.25, -0.2) is 4.90 Å². The van der Waals surface area contributed by atoms with Crippen molar-refractivity contribution >= 4 is 17.5 Å². The lowest BCUT2D eigenvalue weighted by atomic mass is 9.81. The fourth-order valence-electron chi connectivity index (χ4n) is 3.26. The van der Waals surface area contributed by atoms with Crippen LogP contribution in [0.3, 0.4) is 0 Å². The Labute approximate surface area is 106 Å². The number of nitrogens with one attached hydrogen (secondary N) is 1. The van der Waals surface area contributed by atoms with E-state index in [9.17, 15) is 9.59 Å². The average Bonchev–Trinajstić information content (AvgIpc) is 2.81. The monoisotopic (exact) mass is 247 g/mol. The van der Waals surface area contributed by atoms with E-state index in [1.165, 1.54) is 4.90 Å². The van der Waals surface area contributed by atoms with Crippen molar-refractivity contribution in [3.63, 3.8) is 0 Å². The number of imide groups is 1. The SMILES string of the molecule is Cc1n[nH]c(C)c1N1C(=O)C2CCCCC2C1=O. The predicted molar refractivity (Wildman–Crippen MR) is 66.0 cm³/mol. The molecular weight excluding hydrogens is 230 g/mol. The Morgan fingerprint density at radius 2 is 1.67 bits per heavy atom. The number of rotatable bonds is 1. The van der Waals surface area contributed by atoms with Crippen LogP contribution in [0.15, 0.2) is 0 Å². The van der Waals surface area contributed by atoms with Gasteiger partial charge < -0.3 is 0 Å². The molecule has 1 aliphatic heterocycles. The molecule has 1 aromatic heterocycles. The van der Waals surface area contributed by atoms with E-state index in [-0.39, 0.29) is 23.7 Å². The van der Waals surface area contributed by atoms with E-state index >= 15 is 0 Å². The highest BCUT2D eigenvalue weighted by Gasteiger charge is 2.49. The number of aromatic amines is 1. The number of amides is 2. The minimum absolute atomic E-state index is 0.0303. The number of aryl methyl sites for hydroxylation is 2. The normalized spacial score (nSPS) is 27.8. The molecule has 1 aliphatic carbocycles. The van der Waals surface area contributed by atoms with Gasteiger partial charge in [-0.2, -0.15) is 5.10 Å². The first-order valence-corrected chi connectivity index (χ1v) is 6.50. The lowest BCUT2D eigenvalue weighted by Crippen LogP contribution is -2.31. The number of H-pyrrole nitrogens is 1. The molecule has 2 unspecified atom stereocenters. The number of nitrogens with zero attached hydrogens (tertiary/aromatic N) is 2. The fraction of sp³-hybridized carbons (Fsp3) is 0.615. The van der Waals surface area contributed by atoms with Crippen molar-refractivity contribution in [1.29, 1.82) is 0 Å². The summed E-state index contributed by atoms with van der Waals surface area (Å²) in [7, 11) is 0. The van der Waals surface area contributed by atoms with E-state index in [1.807, 2.05) is 13.8 Å². The molecular formula is C13H17N3O2. The maximum atomic E-state index is 12.4. The highest BCUT2D eigenvalue weighted by atomic mass is 16.2. The zero-order valence-corrected chi connectivity index (χ0v) is 10.7. The van der Waals surface area contributed by atoms with Crippen LogP contribution in [0, 0.1) is 25.7 Å². The molecule has 5 nitrogen and oxygen atoms in total. The molecule has 0 radical (unpaired) electrons. The molecule has 1 N–H and O–H groups in total. The molecule has 0 spiro atoms. The third-order valence-corrected chi connectivity index (χ3v) is 4.15. The highest BCUT2D eigenvalue weighted by molar-refractivity contribution is 6.22. The average molecular weight is 247 g/mol. The summed E-state index contributed by atoms with van der Waals surface area (Å²) in [5, 5.41) is 6.92. The zero-order chi connectivity index (χ0) is 12.9. The molecule has 0 aromatic carbocycles. The van der Waals surface area contributed by atoms with Gasteiger partial charge in [-0.1, -0.05) is 12.8 Å². The summed E-state index contributed by atoms with van der Waals surface area (Å²) < 4.78 is 0. The van der Waals surface area contributed by atoms with Crippen LogP contribution >= 0.6 is 0 Å². The van der Waals surface area contributed by atoms with Crippen LogP contribution in [0.4, 0.5) is 5.69 Å². The van der Waals surface area contributed by atoms with Gasteiger partial charge in [-0.05, 0) is 26.7 Å². The number of hydrogen-bond acceptors (Lipinski definition) is 3. The summed E-state index contributed by atoms with van der Waals surface area (Å²) in [6, 6.07) is 0. The third kappa shape index (κ3) is 1.43. The third-order valence-electron chi connectivity index (χ3n) is 4.15. The van der Waals surface area contributed by atoms with Gasteiger partial charge in [0.25, 0.3) is 0 Å². The second-order valence-corrected chi connectivity index (χ2v) is 5.29. The first-order valence-electron chi connectivity index (χ1n) is 6.50. The Bertz CT molecular complexity index is 477. The first-order chi connectivity index (χ1) is 8.61. The van der Waals surface area contributed by atoms with Crippen LogP contribution in [0.1, 0.15) is 37.1 Å². The van der Waals surface area contributed by atoms with Crippen LogP contribution in [0.2, 0.25) is 0 Å². The fourth-order valence-corrected chi connectivity index (χ4v) is 3.26. The number of carbonyl (C=O) groups is 2. The minimum atomic E-state index is -0.0973. The standard InChI is InChI=1S/C13H17N3O2/c1-7-11(8(2)15-14-7)16-12(17)9-5-3-4-6-10(9)13(16)18/h9-10H,3-6H2,1-2H3,(H,14,15). The molecule has 18 heavy (non-hydrogen) atoms. The molecule has 1 aromatic rings. The smallest absolute Gasteiger partial charge is 0.237 e. The molecule has 2 fully saturated rings. The van der Waals surface area contributed by atoms with E-state index in [0.717, 1.165) is 31.4 Å². The van der Waals surface area contributed by atoms with E-state index in [0.29, 0.717) is 11.4 Å². The van der Waals surface area contributed by atoms with Crippen LogP contribution in [-0.4, -0.2) is 22.0 Å². The maximum absolute atomic E-state index is 12.4. The van der Waals surface area contributed by atoms with Gasteiger partial charge in [-0.3, -0.25) is 14.7 Å². The van der Waals surface area contributed by atoms with Crippen LogP contribution in [-0.2, 0) is 9.59 Å². The quantitative estimate of drug-likeness (QED) is 0.768. The van der Waals surface area contributed by atoms with Gasteiger partial charge in [0.15, 0.2) is 0 Å². The minimum Gasteiger partial charge on any atom is -0.280 e. The Balaban J connectivity index is 2.03. The molecule has 96 valence electrons. The highest BCUT2D eigenvalue weighted by Crippen LogP contribution is 2.41. The summed E-state index contributed by atoms with van der Waals surface area (Å²) in [5.74, 6) is -0.255. The molecule has 5 heteroatoms. The molecule has 1 saturated heterocycles. The Hall–Kier alpha value is -1.65. The van der Waals surface area contributed by atoms with Gasteiger partial charge in [0, 0.05) is 0 Å². The van der Waals surface area contributed by atoms with Crippen molar-refractivity contribution in [1.82, 2.24) is 10.2 Å². The topological polar surface area (TPSA) is 66.1 Å². The number of aromatic nitrogens is 2. The van der Waals surface area contributed by atoms with E-state index in [4.69, 9.17) is 0 Å². The number of fused-ring (bicyclic) bond motifs is 1. The summed E-state index contributed by atoms with van der Waals surface area (Å²) in [6.07, 6.45) is 3.80. The van der Waals surface area contributed by atoms with Crippen molar-refractivity contribution in [2.24, 2.45) is 11.8 Å². The summed E-state index contributed by atoms with van der Waals surface area (Å²) in [5.41, 5.74) is 2.17. The van der Waals surface area contributed by atoms with Gasteiger partial charge in [-0.15, -0.1) is 0 Å². The molecule has 0 bridgehead atoms. The van der Waals surface area contributed by atoms with Crippen LogP contribution in [0.25, 0.3) is 0 Å². The predicted octanol–water partition coefficient (Wildman–Crippen LogP) is 1.71. The summed E-state index contributed by atoms with van der Waals surface area (Å²) in [6.45, 7) is 3.67.